The van der Waals surface area contributed by atoms with E-state index >= 15 is 0 Å². The molecular formula is C10H10ClN3O3S. The van der Waals surface area contributed by atoms with E-state index in [0.29, 0.717) is 10.7 Å². The van der Waals surface area contributed by atoms with E-state index in [9.17, 15) is 8.42 Å². The van der Waals surface area contributed by atoms with Crippen LogP contribution in [0.2, 0.25) is 5.02 Å². The number of benzene rings is 1. The van der Waals surface area contributed by atoms with Crippen molar-refractivity contribution in [2.24, 2.45) is 0 Å². The zero-order valence-corrected chi connectivity index (χ0v) is 10.7. The highest BCUT2D eigenvalue weighted by atomic mass is 35.5. The lowest BCUT2D eigenvalue weighted by molar-refractivity contribution is 0.278. The zero-order chi connectivity index (χ0) is 13.2. The van der Waals surface area contributed by atoms with Gasteiger partial charge in [-0.15, -0.1) is 0 Å². The number of aliphatic hydroxyl groups is 1. The maximum Gasteiger partial charge on any atom is 0.279 e. The van der Waals surface area contributed by atoms with E-state index in [1.165, 1.54) is 18.3 Å². The van der Waals surface area contributed by atoms with Crippen molar-refractivity contribution in [2.75, 3.05) is 4.72 Å². The largest absolute Gasteiger partial charge is 0.392 e. The molecule has 0 spiro atoms. The molecule has 96 valence electrons. The second-order valence-corrected chi connectivity index (χ2v) is 5.55. The van der Waals surface area contributed by atoms with Crippen molar-refractivity contribution in [1.29, 1.82) is 0 Å². The third-order valence-corrected chi connectivity index (χ3v) is 3.86. The van der Waals surface area contributed by atoms with Gasteiger partial charge in [-0.25, -0.2) is 0 Å². The smallest absolute Gasteiger partial charge is 0.279 e. The molecule has 3 N–H and O–H groups in total. The van der Waals surface area contributed by atoms with Crippen LogP contribution in [0.15, 0.2) is 35.5 Å². The standard InChI is InChI=1S/C10H10ClN3O3S/c11-8-1-3-9(4-2-8)14-18(16,17)10-7(6-15)5-12-13-10/h1-5,14-15H,6H2,(H,12,13). The van der Waals surface area contributed by atoms with E-state index in [-0.39, 0.29) is 10.6 Å². The highest BCUT2D eigenvalue weighted by molar-refractivity contribution is 7.92. The molecule has 8 heteroatoms. The molecular weight excluding hydrogens is 278 g/mol. The van der Waals surface area contributed by atoms with Gasteiger partial charge in [-0.3, -0.25) is 9.82 Å². The third kappa shape index (κ3) is 2.63. The SMILES string of the molecule is O=S(=O)(Nc1ccc(Cl)cc1)c1[nH]ncc1CO. The minimum absolute atomic E-state index is 0.153. The van der Waals surface area contributed by atoms with Gasteiger partial charge in [-0.05, 0) is 24.3 Å². The molecule has 0 saturated heterocycles. The summed E-state index contributed by atoms with van der Waals surface area (Å²) in [6.07, 6.45) is 1.26. The summed E-state index contributed by atoms with van der Waals surface area (Å²) in [6.45, 7) is -0.409. The van der Waals surface area contributed by atoms with E-state index in [1.54, 1.807) is 12.1 Å². The molecule has 0 radical (unpaired) electrons. The van der Waals surface area contributed by atoms with Gasteiger partial charge >= 0.3 is 0 Å². The van der Waals surface area contributed by atoms with Gasteiger partial charge in [0.15, 0.2) is 5.03 Å². The lowest BCUT2D eigenvalue weighted by atomic mass is 10.3. The summed E-state index contributed by atoms with van der Waals surface area (Å²) in [7, 11) is -3.80. The summed E-state index contributed by atoms with van der Waals surface area (Å²) in [6, 6.07) is 6.21. The van der Waals surface area contributed by atoms with Crippen molar-refractivity contribution in [3.63, 3.8) is 0 Å². The fourth-order valence-electron chi connectivity index (χ4n) is 1.37. The van der Waals surface area contributed by atoms with E-state index in [0.717, 1.165) is 0 Å². The highest BCUT2D eigenvalue weighted by Crippen LogP contribution is 2.19. The molecule has 2 rings (SSSR count). The van der Waals surface area contributed by atoms with Crippen molar-refractivity contribution >= 4 is 27.3 Å². The summed E-state index contributed by atoms with van der Waals surface area (Å²) in [5.41, 5.74) is 0.578. The molecule has 0 aliphatic carbocycles. The van der Waals surface area contributed by atoms with Crippen molar-refractivity contribution in [3.8, 4) is 0 Å². The summed E-state index contributed by atoms with van der Waals surface area (Å²) in [5.74, 6) is 0. The van der Waals surface area contributed by atoms with Crippen LogP contribution >= 0.6 is 11.6 Å². The third-order valence-electron chi connectivity index (χ3n) is 2.21. The minimum Gasteiger partial charge on any atom is -0.392 e. The summed E-state index contributed by atoms with van der Waals surface area (Å²) < 4.78 is 26.4. The van der Waals surface area contributed by atoms with Crippen molar-refractivity contribution < 1.29 is 13.5 Å². The van der Waals surface area contributed by atoms with Gasteiger partial charge < -0.3 is 5.11 Å². The second-order valence-electron chi connectivity index (χ2n) is 3.49. The Labute approximate surface area is 109 Å². The van der Waals surface area contributed by atoms with Gasteiger partial charge in [-0.1, -0.05) is 11.6 Å². The normalized spacial score (nSPS) is 11.4. The molecule has 1 heterocycles. The Kier molecular flexibility index (Phi) is 3.55. The van der Waals surface area contributed by atoms with Crippen LogP contribution in [0, 0.1) is 0 Å². The quantitative estimate of drug-likeness (QED) is 0.791. The number of hydrogen-bond acceptors (Lipinski definition) is 4. The predicted molar refractivity (Wildman–Crippen MR) is 66.8 cm³/mol. The second kappa shape index (κ2) is 4.97. The number of nitrogens with one attached hydrogen (secondary N) is 2. The minimum atomic E-state index is -3.80. The van der Waals surface area contributed by atoms with Gasteiger partial charge in [0, 0.05) is 16.3 Å². The van der Waals surface area contributed by atoms with Gasteiger partial charge in [0.05, 0.1) is 12.8 Å². The monoisotopic (exact) mass is 287 g/mol. The molecule has 0 aliphatic rings. The van der Waals surface area contributed by atoms with E-state index in [1.807, 2.05) is 0 Å². The Hall–Kier alpha value is -1.57. The number of rotatable bonds is 4. The Morgan fingerprint density at radius 1 is 1.33 bits per heavy atom. The first-order valence-electron chi connectivity index (χ1n) is 4.94. The molecule has 0 bridgehead atoms. The van der Waals surface area contributed by atoms with Crippen LogP contribution in [0.5, 0.6) is 0 Å². The molecule has 6 nitrogen and oxygen atoms in total. The molecule has 1 aromatic carbocycles. The number of aliphatic hydroxyl groups excluding tert-OH is 1. The summed E-state index contributed by atoms with van der Waals surface area (Å²) in [5, 5.41) is 15.3. The molecule has 0 amide bonds. The fraction of sp³-hybridized carbons (Fsp3) is 0.100. The lowest BCUT2D eigenvalue weighted by Gasteiger charge is -2.07. The first-order valence-corrected chi connectivity index (χ1v) is 6.80. The van der Waals surface area contributed by atoms with Gasteiger partial charge in [0.1, 0.15) is 0 Å². The molecule has 1 aromatic heterocycles. The number of aromatic amines is 1. The van der Waals surface area contributed by atoms with E-state index < -0.39 is 16.6 Å². The maximum absolute atomic E-state index is 12.0. The highest BCUT2D eigenvalue weighted by Gasteiger charge is 2.20. The molecule has 0 unspecified atom stereocenters. The van der Waals surface area contributed by atoms with Crippen LogP contribution in [0.3, 0.4) is 0 Å². The molecule has 0 saturated carbocycles. The molecule has 0 fully saturated rings. The number of anilines is 1. The Morgan fingerprint density at radius 3 is 2.61 bits per heavy atom. The zero-order valence-electron chi connectivity index (χ0n) is 9.09. The number of sulfonamides is 1. The first kappa shape index (κ1) is 12.9. The molecule has 0 atom stereocenters. The first-order chi connectivity index (χ1) is 8.53. The topological polar surface area (TPSA) is 95.1 Å². The lowest BCUT2D eigenvalue weighted by Crippen LogP contribution is -2.15. The Morgan fingerprint density at radius 2 is 2.00 bits per heavy atom. The average molecular weight is 288 g/mol. The molecule has 0 aliphatic heterocycles. The van der Waals surface area contributed by atoms with E-state index in [4.69, 9.17) is 16.7 Å². The van der Waals surface area contributed by atoms with Crippen LogP contribution in [-0.4, -0.2) is 23.7 Å². The summed E-state index contributed by atoms with van der Waals surface area (Å²) in [4.78, 5) is 0. The van der Waals surface area contributed by atoms with Crippen molar-refractivity contribution in [1.82, 2.24) is 10.2 Å². The van der Waals surface area contributed by atoms with Crippen LogP contribution in [-0.2, 0) is 16.6 Å². The number of halogens is 1. The number of aromatic nitrogens is 2. The van der Waals surface area contributed by atoms with Crippen LogP contribution in [0.4, 0.5) is 5.69 Å². The van der Waals surface area contributed by atoms with Gasteiger partial charge in [-0.2, -0.15) is 13.5 Å². The van der Waals surface area contributed by atoms with Crippen molar-refractivity contribution in [2.45, 2.75) is 11.6 Å². The number of nitrogens with zero attached hydrogens (tertiary/aromatic N) is 1. The van der Waals surface area contributed by atoms with Gasteiger partial charge in [0.2, 0.25) is 0 Å². The van der Waals surface area contributed by atoms with Gasteiger partial charge in [0.25, 0.3) is 10.0 Å². The predicted octanol–water partition coefficient (Wildman–Crippen LogP) is 1.36. The molecule has 2 aromatic rings. The summed E-state index contributed by atoms with van der Waals surface area (Å²) >= 11 is 5.70. The van der Waals surface area contributed by atoms with E-state index in [2.05, 4.69) is 14.9 Å². The maximum atomic E-state index is 12.0. The van der Waals surface area contributed by atoms with Crippen LogP contribution in [0.25, 0.3) is 0 Å². The average Bonchev–Trinajstić information content (AvgIpc) is 2.81. The van der Waals surface area contributed by atoms with Crippen molar-refractivity contribution in [3.05, 3.63) is 41.0 Å². The molecule has 18 heavy (non-hydrogen) atoms. The van der Waals surface area contributed by atoms with Crippen LogP contribution in [0.1, 0.15) is 5.56 Å². The number of hydrogen-bond donors (Lipinski definition) is 3. The van der Waals surface area contributed by atoms with Crippen LogP contribution < -0.4 is 4.72 Å². The Bertz CT molecular complexity index is 637. The fourth-order valence-corrected chi connectivity index (χ4v) is 2.68. The Balaban J connectivity index is 2.30. The number of H-pyrrole nitrogens is 1.